The summed E-state index contributed by atoms with van der Waals surface area (Å²) in [5, 5.41) is 0.114. The Labute approximate surface area is 169 Å². The standard InChI is InChI=1S/C21H20F3N3O3/c1-12-10-15(13(2)30-12)20(29)26-9-5-8-17(26)18-25-16-7-4-3-6-14(16)19(28)27(18)11-21(22,23)24/h3-4,6-7,10,17H,5,8-9,11H2,1-2H3. The molecule has 0 aliphatic carbocycles. The zero-order valence-electron chi connectivity index (χ0n) is 16.5. The van der Waals surface area contributed by atoms with Gasteiger partial charge >= 0.3 is 6.18 Å². The maximum atomic E-state index is 13.3. The predicted molar refractivity (Wildman–Crippen MR) is 103 cm³/mol. The van der Waals surface area contributed by atoms with Crippen LogP contribution in [0.15, 0.2) is 39.5 Å². The molecule has 0 radical (unpaired) electrons. The summed E-state index contributed by atoms with van der Waals surface area (Å²) in [6.07, 6.45) is -3.58. The molecule has 30 heavy (non-hydrogen) atoms. The minimum atomic E-state index is -4.60. The molecule has 1 amide bonds. The molecular formula is C21H20F3N3O3. The van der Waals surface area contributed by atoms with Gasteiger partial charge in [-0.05, 0) is 44.9 Å². The Morgan fingerprint density at radius 1 is 1.27 bits per heavy atom. The number of carbonyl (C=O) groups is 1. The van der Waals surface area contributed by atoms with Crippen LogP contribution >= 0.6 is 0 Å². The average molecular weight is 419 g/mol. The Kier molecular flexibility index (Phi) is 4.91. The Morgan fingerprint density at radius 2 is 2.00 bits per heavy atom. The van der Waals surface area contributed by atoms with Crippen molar-refractivity contribution in [3.63, 3.8) is 0 Å². The number of para-hydroxylation sites is 1. The van der Waals surface area contributed by atoms with Gasteiger partial charge in [0, 0.05) is 6.54 Å². The maximum absolute atomic E-state index is 13.3. The molecule has 0 saturated carbocycles. The summed E-state index contributed by atoms with van der Waals surface area (Å²) < 4.78 is 45.9. The van der Waals surface area contributed by atoms with Crippen molar-refractivity contribution in [1.82, 2.24) is 14.5 Å². The lowest BCUT2D eigenvalue weighted by molar-refractivity contribution is -0.141. The minimum absolute atomic E-state index is 0.0419. The Hall–Kier alpha value is -3.10. The van der Waals surface area contributed by atoms with Crippen LogP contribution in [0.2, 0.25) is 0 Å². The SMILES string of the molecule is Cc1cc(C(=O)N2CCCC2c2nc3ccccc3c(=O)n2CC(F)(F)F)c(C)o1. The first-order chi connectivity index (χ1) is 14.2. The summed E-state index contributed by atoms with van der Waals surface area (Å²) in [6.45, 7) is 2.29. The minimum Gasteiger partial charge on any atom is -0.466 e. The topological polar surface area (TPSA) is 68.3 Å². The second kappa shape index (κ2) is 7.30. The van der Waals surface area contributed by atoms with Crippen molar-refractivity contribution in [1.29, 1.82) is 0 Å². The normalized spacial score (nSPS) is 17.1. The molecule has 1 aliphatic heterocycles. The molecule has 3 heterocycles. The molecule has 1 aliphatic rings. The number of aryl methyl sites for hydroxylation is 2. The van der Waals surface area contributed by atoms with Crippen LogP contribution in [0.4, 0.5) is 13.2 Å². The first-order valence-corrected chi connectivity index (χ1v) is 9.60. The first-order valence-electron chi connectivity index (χ1n) is 9.60. The number of furan rings is 1. The van der Waals surface area contributed by atoms with E-state index in [1.807, 2.05) is 0 Å². The van der Waals surface area contributed by atoms with E-state index in [9.17, 15) is 22.8 Å². The largest absolute Gasteiger partial charge is 0.466 e. The van der Waals surface area contributed by atoms with Gasteiger partial charge in [0.15, 0.2) is 0 Å². The van der Waals surface area contributed by atoms with E-state index in [0.29, 0.717) is 46.6 Å². The number of hydrogen-bond donors (Lipinski definition) is 0. The summed E-state index contributed by atoms with van der Waals surface area (Å²) in [5.74, 6) is 0.638. The third-order valence-corrected chi connectivity index (χ3v) is 5.31. The summed E-state index contributed by atoms with van der Waals surface area (Å²) in [4.78, 5) is 31.9. The van der Waals surface area contributed by atoms with E-state index < -0.39 is 24.3 Å². The van der Waals surface area contributed by atoms with Gasteiger partial charge < -0.3 is 9.32 Å². The molecular weight excluding hydrogens is 399 g/mol. The van der Waals surface area contributed by atoms with E-state index in [1.54, 1.807) is 38.1 Å². The molecule has 1 atom stereocenters. The van der Waals surface area contributed by atoms with Crippen LogP contribution < -0.4 is 5.56 Å². The fourth-order valence-electron chi connectivity index (χ4n) is 4.05. The number of alkyl halides is 3. The third-order valence-electron chi connectivity index (χ3n) is 5.31. The van der Waals surface area contributed by atoms with Crippen molar-refractivity contribution in [2.75, 3.05) is 6.54 Å². The second-order valence-electron chi connectivity index (χ2n) is 7.48. The van der Waals surface area contributed by atoms with Crippen LogP contribution in [0.1, 0.15) is 46.6 Å². The van der Waals surface area contributed by atoms with Gasteiger partial charge in [0.2, 0.25) is 0 Å². The van der Waals surface area contributed by atoms with E-state index in [1.165, 1.54) is 11.0 Å². The van der Waals surface area contributed by atoms with Gasteiger partial charge in [-0.1, -0.05) is 12.1 Å². The zero-order valence-corrected chi connectivity index (χ0v) is 16.5. The molecule has 9 heteroatoms. The Bertz CT molecular complexity index is 1180. The summed E-state index contributed by atoms with van der Waals surface area (Å²) in [7, 11) is 0. The van der Waals surface area contributed by atoms with Gasteiger partial charge in [-0.25, -0.2) is 4.98 Å². The van der Waals surface area contributed by atoms with E-state index in [-0.39, 0.29) is 17.1 Å². The first kappa shape index (κ1) is 20.2. The van der Waals surface area contributed by atoms with E-state index in [2.05, 4.69) is 4.98 Å². The smallest absolute Gasteiger partial charge is 0.406 e. The highest BCUT2D eigenvalue weighted by atomic mass is 19.4. The van der Waals surface area contributed by atoms with Gasteiger partial charge in [0.25, 0.3) is 11.5 Å². The molecule has 158 valence electrons. The number of hydrogen-bond acceptors (Lipinski definition) is 4. The number of carbonyl (C=O) groups excluding carboxylic acids is 1. The molecule has 4 rings (SSSR count). The summed E-state index contributed by atoms with van der Waals surface area (Å²) in [5.41, 5.74) is -0.0852. The number of fused-ring (bicyclic) bond motifs is 1. The average Bonchev–Trinajstić information content (AvgIpc) is 3.28. The molecule has 0 spiro atoms. The highest BCUT2D eigenvalue weighted by Crippen LogP contribution is 2.34. The molecule has 1 saturated heterocycles. The van der Waals surface area contributed by atoms with E-state index in [0.717, 1.165) is 0 Å². The molecule has 1 aromatic carbocycles. The maximum Gasteiger partial charge on any atom is 0.406 e. The highest BCUT2D eigenvalue weighted by molar-refractivity contribution is 5.95. The number of amides is 1. The van der Waals surface area contributed by atoms with Crippen molar-refractivity contribution in [2.24, 2.45) is 0 Å². The van der Waals surface area contributed by atoms with Gasteiger partial charge in [-0.2, -0.15) is 13.2 Å². The van der Waals surface area contributed by atoms with Crippen LogP contribution in [-0.2, 0) is 6.54 Å². The summed E-state index contributed by atoms with van der Waals surface area (Å²) >= 11 is 0. The molecule has 3 aromatic rings. The van der Waals surface area contributed by atoms with Crippen molar-refractivity contribution in [2.45, 2.75) is 45.5 Å². The second-order valence-corrected chi connectivity index (χ2v) is 7.48. The summed E-state index contributed by atoms with van der Waals surface area (Å²) in [6, 6.07) is 7.18. The van der Waals surface area contributed by atoms with Crippen LogP contribution in [0.5, 0.6) is 0 Å². The number of halogens is 3. The van der Waals surface area contributed by atoms with Crippen LogP contribution in [0, 0.1) is 13.8 Å². The van der Waals surface area contributed by atoms with Gasteiger partial charge in [-0.3, -0.25) is 14.2 Å². The number of rotatable bonds is 3. The number of nitrogens with zero attached hydrogens (tertiary/aromatic N) is 3. The Balaban J connectivity index is 1.84. The van der Waals surface area contributed by atoms with Gasteiger partial charge in [0.1, 0.15) is 23.9 Å². The number of likely N-dealkylation sites (tertiary alicyclic amines) is 1. The van der Waals surface area contributed by atoms with Crippen molar-refractivity contribution in [3.8, 4) is 0 Å². The van der Waals surface area contributed by atoms with Gasteiger partial charge in [0.05, 0.1) is 22.5 Å². The van der Waals surface area contributed by atoms with Crippen molar-refractivity contribution < 1.29 is 22.4 Å². The fraction of sp³-hybridized carbons (Fsp3) is 0.381. The molecule has 6 nitrogen and oxygen atoms in total. The van der Waals surface area contributed by atoms with Crippen molar-refractivity contribution in [3.05, 3.63) is 63.6 Å². The molecule has 0 bridgehead atoms. The molecule has 1 fully saturated rings. The third kappa shape index (κ3) is 3.59. The van der Waals surface area contributed by atoms with E-state index >= 15 is 0 Å². The monoisotopic (exact) mass is 419 g/mol. The van der Waals surface area contributed by atoms with Crippen LogP contribution in [0.25, 0.3) is 10.9 Å². The lowest BCUT2D eigenvalue weighted by Crippen LogP contribution is -2.38. The predicted octanol–water partition coefficient (Wildman–Crippen LogP) is 4.15. The van der Waals surface area contributed by atoms with Crippen molar-refractivity contribution >= 4 is 16.8 Å². The van der Waals surface area contributed by atoms with E-state index in [4.69, 9.17) is 4.42 Å². The quantitative estimate of drug-likeness (QED) is 0.640. The Morgan fingerprint density at radius 3 is 2.67 bits per heavy atom. The van der Waals surface area contributed by atoms with Crippen LogP contribution in [-0.4, -0.2) is 33.1 Å². The highest BCUT2D eigenvalue weighted by Gasteiger charge is 2.38. The fourth-order valence-corrected chi connectivity index (χ4v) is 4.05. The van der Waals surface area contributed by atoms with Gasteiger partial charge in [-0.15, -0.1) is 0 Å². The molecule has 0 N–H and O–H groups in total. The lowest BCUT2D eigenvalue weighted by Gasteiger charge is -2.27. The zero-order chi connectivity index (χ0) is 21.6. The van der Waals surface area contributed by atoms with Crippen LogP contribution in [0.3, 0.4) is 0 Å². The molecule has 1 unspecified atom stereocenters. The number of aromatic nitrogens is 2. The lowest BCUT2D eigenvalue weighted by atomic mass is 10.1. The molecule has 2 aromatic heterocycles. The number of benzene rings is 1.